The van der Waals surface area contributed by atoms with Gasteiger partial charge in [0.15, 0.2) is 5.16 Å². The van der Waals surface area contributed by atoms with E-state index in [1.54, 1.807) is 13.0 Å². The van der Waals surface area contributed by atoms with Crippen molar-refractivity contribution in [2.24, 2.45) is 0 Å². The van der Waals surface area contributed by atoms with Crippen molar-refractivity contribution in [1.29, 1.82) is 0 Å². The number of nitrogens with zero attached hydrogens (tertiary/aromatic N) is 3. The highest BCUT2D eigenvalue weighted by Gasteiger charge is 2.14. The van der Waals surface area contributed by atoms with Crippen LogP contribution in [0.15, 0.2) is 28.4 Å². The Morgan fingerprint density at radius 2 is 1.89 bits per heavy atom. The smallest absolute Gasteiger partial charge is 0.338 e. The van der Waals surface area contributed by atoms with Crippen LogP contribution in [-0.4, -0.2) is 26.0 Å². The first-order valence-corrected chi connectivity index (χ1v) is 6.05. The van der Waals surface area contributed by atoms with Crippen LogP contribution in [0.2, 0.25) is 0 Å². The number of aromatic nitrogens is 3. The summed E-state index contributed by atoms with van der Waals surface area (Å²) in [4.78, 5) is 23.5. The van der Waals surface area contributed by atoms with E-state index < -0.39 is 5.97 Å². The molecular formula is C11H11N5O2S. The molecule has 0 bridgehead atoms. The highest BCUT2D eigenvalue weighted by Crippen LogP contribution is 2.29. The van der Waals surface area contributed by atoms with E-state index in [0.717, 1.165) is 11.8 Å². The number of carboxylic acid groups (broad SMARTS) is 1. The van der Waals surface area contributed by atoms with Gasteiger partial charge in [0.2, 0.25) is 0 Å². The van der Waals surface area contributed by atoms with Gasteiger partial charge in [-0.15, -0.1) is 0 Å². The SMILES string of the molecule is Cc1cc(Sc2nc(N)cc(N)n2)c(C(=O)O)cn1. The number of carbonyl (C=O) groups is 1. The zero-order valence-electron chi connectivity index (χ0n) is 9.99. The summed E-state index contributed by atoms with van der Waals surface area (Å²) in [7, 11) is 0. The van der Waals surface area contributed by atoms with Crippen molar-refractivity contribution in [3.05, 3.63) is 29.6 Å². The summed E-state index contributed by atoms with van der Waals surface area (Å²) in [6.45, 7) is 1.77. The summed E-state index contributed by atoms with van der Waals surface area (Å²) in [5.41, 5.74) is 11.9. The van der Waals surface area contributed by atoms with Crippen molar-refractivity contribution in [1.82, 2.24) is 15.0 Å². The lowest BCUT2D eigenvalue weighted by Gasteiger charge is -2.06. The maximum atomic E-state index is 11.1. The first kappa shape index (κ1) is 13.1. The summed E-state index contributed by atoms with van der Waals surface area (Å²) < 4.78 is 0. The minimum Gasteiger partial charge on any atom is -0.478 e. The fourth-order valence-corrected chi connectivity index (χ4v) is 2.36. The standard InChI is InChI=1S/C11H11N5O2S/c1-5-2-7(6(4-14-5)10(17)18)19-11-15-8(12)3-9(13)16-11/h2-4H,1H3,(H,17,18)(H4,12,13,15,16). The number of rotatable bonds is 3. The van der Waals surface area contributed by atoms with E-state index in [1.165, 1.54) is 12.3 Å². The predicted molar refractivity (Wildman–Crippen MR) is 70.9 cm³/mol. The van der Waals surface area contributed by atoms with Crippen LogP contribution in [0.25, 0.3) is 0 Å². The average molecular weight is 277 g/mol. The number of hydrogen-bond acceptors (Lipinski definition) is 7. The molecule has 0 aliphatic carbocycles. The molecule has 0 aliphatic rings. The molecule has 2 aromatic rings. The summed E-state index contributed by atoms with van der Waals surface area (Å²) >= 11 is 1.08. The van der Waals surface area contributed by atoms with Gasteiger partial charge in [0, 0.05) is 22.9 Å². The summed E-state index contributed by atoms with van der Waals surface area (Å²) in [6.07, 6.45) is 1.30. The van der Waals surface area contributed by atoms with Gasteiger partial charge < -0.3 is 16.6 Å². The molecule has 0 aromatic carbocycles. The van der Waals surface area contributed by atoms with Crippen LogP contribution in [0.1, 0.15) is 16.1 Å². The first-order chi connectivity index (χ1) is 8.95. The summed E-state index contributed by atoms with van der Waals surface area (Å²) in [5, 5.41) is 9.40. The lowest BCUT2D eigenvalue weighted by Crippen LogP contribution is -2.03. The van der Waals surface area contributed by atoms with E-state index in [-0.39, 0.29) is 17.2 Å². The van der Waals surface area contributed by atoms with Gasteiger partial charge >= 0.3 is 5.97 Å². The third-order valence-electron chi connectivity index (χ3n) is 2.18. The Hall–Kier alpha value is -2.35. The average Bonchev–Trinajstić information content (AvgIpc) is 2.26. The monoisotopic (exact) mass is 277 g/mol. The van der Waals surface area contributed by atoms with Gasteiger partial charge in [0.25, 0.3) is 0 Å². The molecule has 2 heterocycles. The Labute approximate surface area is 113 Å². The van der Waals surface area contributed by atoms with E-state index in [0.29, 0.717) is 15.7 Å². The van der Waals surface area contributed by atoms with Gasteiger partial charge in [-0.25, -0.2) is 14.8 Å². The van der Waals surface area contributed by atoms with Crippen LogP contribution >= 0.6 is 11.8 Å². The van der Waals surface area contributed by atoms with E-state index in [9.17, 15) is 4.79 Å². The van der Waals surface area contributed by atoms with Gasteiger partial charge in [0.1, 0.15) is 11.6 Å². The molecule has 2 aromatic heterocycles. The normalized spacial score (nSPS) is 10.4. The Morgan fingerprint density at radius 3 is 2.47 bits per heavy atom. The molecule has 8 heteroatoms. The highest BCUT2D eigenvalue weighted by molar-refractivity contribution is 7.99. The zero-order chi connectivity index (χ0) is 14.0. The number of carboxylic acids is 1. The van der Waals surface area contributed by atoms with Crippen molar-refractivity contribution in [3.8, 4) is 0 Å². The number of nitrogens with two attached hydrogens (primary N) is 2. The Morgan fingerprint density at radius 1 is 1.26 bits per heavy atom. The molecule has 7 nitrogen and oxygen atoms in total. The Kier molecular flexibility index (Phi) is 3.52. The Balaban J connectivity index is 2.42. The number of anilines is 2. The van der Waals surface area contributed by atoms with Crippen LogP contribution in [0, 0.1) is 6.92 Å². The van der Waals surface area contributed by atoms with Crippen LogP contribution < -0.4 is 11.5 Å². The second kappa shape index (κ2) is 5.11. The quantitative estimate of drug-likeness (QED) is 0.714. The molecule has 0 unspecified atom stereocenters. The van der Waals surface area contributed by atoms with E-state index in [1.807, 2.05) is 0 Å². The van der Waals surface area contributed by atoms with Crippen molar-refractivity contribution in [2.75, 3.05) is 11.5 Å². The lowest BCUT2D eigenvalue weighted by atomic mass is 10.2. The van der Waals surface area contributed by atoms with Crippen LogP contribution in [-0.2, 0) is 0 Å². The van der Waals surface area contributed by atoms with E-state index in [4.69, 9.17) is 16.6 Å². The van der Waals surface area contributed by atoms with Gasteiger partial charge in [-0.2, -0.15) is 0 Å². The van der Waals surface area contributed by atoms with Crippen molar-refractivity contribution >= 4 is 29.4 Å². The van der Waals surface area contributed by atoms with Crippen LogP contribution in [0.4, 0.5) is 11.6 Å². The lowest BCUT2D eigenvalue weighted by molar-refractivity contribution is 0.0692. The molecule has 0 amide bonds. The van der Waals surface area contributed by atoms with E-state index in [2.05, 4.69) is 15.0 Å². The predicted octanol–water partition coefficient (Wildman–Crippen LogP) is 1.19. The molecule has 0 saturated carbocycles. The third kappa shape index (κ3) is 3.10. The molecule has 0 aliphatic heterocycles. The zero-order valence-corrected chi connectivity index (χ0v) is 10.8. The van der Waals surface area contributed by atoms with Crippen molar-refractivity contribution in [2.45, 2.75) is 17.0 Å². The molecule has 98 valence electrons. The summed E-state index contributed by atoms with van der Waals surface area (Å²) in [5.74, 6) is -0.595. The largest absolute Gasteiger partial charge is 0.478 e. The number of aryl methyl sites for hydroxylation is 1. The molecular weight excluding hydrogens is 266 g/mol. The molecule has 2 rings (SSSR count). The van der Waals surface area contributed by atoms with Gasteiger partial charge in [-0.05, 0) is 24.8 Å². The Bertz CT molecular complexity index is 627. The number of hydrogen-bond donors (Lipinski definition) is 3. The fourth-order valence-electron chi connectivity index (χ4n) is 1.39. The van der Waals surface area contributed by atoms with E-state index >= 15 is 0 Å². The molecule has 0 fully saturated rings. The first-order valence-electron chi connectivity index (χ1n) is 5.23. The third-order valence-corrected chi connectivity index (χ3v) is 3.10. The minimum atomic E-state index is -1.06. The molecule has 0 spiro atoms. The fraction of sp³-hybridized carbons (Fsp3) is 0.0909. The van der Waals surface area contributed by atoms with Crippen molar-refractivity contribution < 1.29 is 9.90 Å². The number of pyridine rings is 1. The van der Waals surface area contributed by atoms with Crippen LogP contribution in [0.5, 0.6) is 0 Å². The van der Waals surface area contributed by atoms with Gasteiger partial charge in [-0.1, -0.05) is 0 Å². The summed E-state index contributed by atoms with van der Waals surface area (Å²) in [6, 6.07) is 3.08. The maximum absolute atomic E-state index is 11.1. The highest BCUT2D eigenvalue weighted by atomic mass is 32.2. The topological polar surface area (TPSA) is 128 Å². The van der Waals surface area contributed by atoms with Gasteiger partial charge in [0.05, 0.1) is 5.56 Å². The second-order valence-corrected chi connectivity index (χ2v) is 4.74. The maximum Gasteiger partial charge on any atom is 0.338 e. The van der Waals surface area contributed by atoms with Crippen molar-refractivity contribution in [3.63, 3.8) is 0 Å². The molecule has 0 radical (unpaired) electrons. The minimum absolute atomic E-state index is 0.0835. The molecule has 19 heavy (non-hydrogen) atoms. The van der Waals surface area contributed by atoms with Gasteiger partial charge in [-0.3, -0.25) is 4.98 Å². The molecule has 0 saturated heterocycles. The number of nitrogen functional groups attached to an aromatic ring is 2. The number of aromatic carboxylic acids is 1. The molecule has 0 atom stereocenters. The van der Waals surface area contributed by atoms with Crippen LogP contribution in [0.3, 0.4) is 0 Å². The molecule has 5 N–H and O–H groups in total. The second-order valence-electron chi connectivity index (χ2n) is 3.73.